The Kier molecular flexibility index (Phi) is 12.2. The van der Waals surface area contributed by atoms with E-state index in [0.29, 0.717) is 0 Å². The molecule has 0 heterocycles. The van der Waals surface area contributed by atoms with Gasteiger partial charge in [-0.2, -0.15) is 0 Å². The molecule has 0 saturated carbocycles. The van der Waals surface area contributed by atoms with Crippen LogP contribution in [0.25, 0.3) is 0 Å². The molecular weight excluding hydrogens is 220 g/mol. The summed E-state index contributed by atoms with van der Waals surface area (Å²) in [5, 5.41) is 0. The molecule has 0 atom stereocenters. The fourth-order valence-electron chi connectivity index (χ4n) is 2.11. The highest BCUT2D eigenvalue weighted by atomic mass is 16.5. The lowest BCUT2D eigenvalue weighted by Crippen LogP contribution is -1.87. The van der Waals surface area contributed by atoms with Crippen LogP contribution in [-0.2, 0) is 4.74 Å². The van der Waals surface area contributed by atoms with E-state index in [2.05, 4.69) is 27.0 Å². The van der Waals surface area contributed by atoms with Gasteiger partial charge >= 0.3 is 0 Å². The number of ether oxygens (including phenoxy) is 1. The Hall–Kier alpha value is -0.720. The van der Waals surface area contributed by atoms with E-state index < -0.39 is 0 Å². The largest absolute Gasteiger partial charge is 0.471 e. The average Bonchev–Trinajstić information content (AvgIpc) is 2.31. The van der Waals surface area contributed by atoms with Gasteiger partial charge in [-0.3, -0.25) is 0 Å². The number of rotatable bonds is 13. The van der Waals surface area contributed by atoms with E-state index in [1.165, 1.54) is 64.0 Å². The maximum absolute atomic E-state index is 5.10. The molecule has 0 unspecified atom stereocenters. The van der Waals surface area contributed by atoms with Gasteiger partial charge in [0, 0.05) is 6.42 Å². The molecule has 0 spiro atoms. The molecule has 1 heteroatoms. The summed E-state index contributed by atoms with van der Waals surface area (Å²) in [4.78, 5) is 0. The molecular formula is C17H32O. The third kappa shape index (κ3) is 13.3. The summed E-state index contributed by atoms with van der Waals surface area (Å²) in [6, 6.07) is 0. The van der Waals surface area contributed by atoms with Gasteiger partial charge in [0.15, 0.2) is 0 Å². The van der Waals surface area contributed by atoms with Crippen molar-refractivity contribution in [1.82, 2.24) is 0 Å². The van der Waals surface area contributed by atoms with Crippen LogP contribution in [0.4, 0.5) is 0 Å². The molecule has 0 N–H and O–H groups in total. The van der Waals surface area contributed by atoms with Crippen molar-refractivity contribution < 1.29 is 4.74 Å². The van der Waals surface area contributed by atoms with Crippen LogP contribution >= 0.6 is 0 Å². The third-order valence-electron chi connectivity index (χ3n) is 3.24. The normalized spacial score (nSPS) is 10.6. The zero-order valence-corrected chi connectivity index (χ0v) is 12.5. The predicted octanol–water partition coefficient (Wildman–Crippen LogP) is 6.22. The molecule has 18 heavy (non-hydrogen) atoms. The van der Waals surface area contributed by atoms with Crippen LogP contribution in [0.2, 0.25) is 0 Å². The minimum Gasteiger partial charge on any atom is -0.471 e. The highest BCUT2D eigenvalue weighted by Crippen LogP contribution is 2.14. The van der Waals surface area contributed by atoms with Gasteiger partial charge in [0.25, 0.3) is 0 Å². The van der Waals surface area contributed by atoms with Crippen LogP contribution in [-0.4, -0.2) is 0 Å². The van der Waals surface area contributed by atoms with Crippen molar-refractivity contribution in [3.05, 3.63) is 25.2 Å². The highest BCUT2D eigenvalue weighted by molar-refractivity contribution is 4.84. The van der Waals surface area contributed by atoms with E-state index in [4.69, 9.17) is 4.74 Å². The molecule has 0 aromatic carbocycles. The van der Waals surface area contributed by atoms with Gasteiger partial charge < -0.3 is 4.74 Å². The number of allylic oxidation sites excluding steroid dienone is 1. The molecule has 0 fully saturated rings. The van der Waals surface area contributed by atoms with E-state index in [-0.39, 0.29) is 0 Å². The Morgan fingerprint density at radius 1 is 0.944 bits per heavy atom. The van der Waals surface area contributed by atoms with E-state index in [0.717, 1.165) is 18.1 Å². The fraction of sp³-hybridized carbons (Fsp3) is 0.765. The average molecular weight is 252 g/mol. The van der Waals surface area contributed by atoms with Crippen LogP contribution in [0.15, 0.2) is 25.2 Å². The van der Waals surface area contributed by atoms with Crippen LogP contribution < -0.4 is 0 Å². The van der Waals surface area contributed by atoms with E-state index in [9.17, 15) is 0 Å². The lowest BCUT2D eigenvalue weighted by Gasteiger charge is -2.05. The third-order valence-corrected chi connectivity index (χ3v) is 3.24. The van der Waals surface area contributed by atoms with Gasteiger partial charge in [-0.05, 0) is 12.3 Å². The number of unbranched alkanes of at least 4 members (excludes halogenated alkanes) is 7. The lowest BCUT2D eigenvalue weighted by molar-refractivity contribution is 0.332. The Morgan fingerprint density at radius 3 is 1.94 bits per heavy atom. The van der Waals surface area contributed by atoms with Crippen molar-refractivity contribution >= 4 is 0 Å². The first kappa shape index (κ1) is 17.3. The SMILES string of the molecule is C=COC(=C)CCCCCCCCCCC(C)C. The fourth-order valence-corrected chi connectivity index (χ4v) is 2.11. The highest BCUT2D eigenvalue weighted by Gasteiger charge is 1.96. The summed E-state index contributed by atoms with van der Waals surface area (Å²) in [5.41, 5.74) is 0. The van der Waals surface area contributed by atoms with Gasteiger partial charge in [0.05, 0.1) is 12.0 Å². The number of hydrogen-bond acceptors (Lipinski definition) is 1. The van der Waals surface area contributed by atoms with E-state index >= 15 is 0 Å². The van der Waals surface area contributed by atoms with Crippen molar-refractivity contribution in [3.8, 4) is 0 Å². The second-order valence-corrected chi connectivity index (χ2v) is 5.58. The van der Waals surface area contributed by atoms with E-state index in [1.54, 1.807) is 0 Å². The summed E-state index contributed by atoms with van der Waals surface area (Å²) < 4.78 is 5.10. The zero-order valence-electron chi connectivity index (χ0n) is 12.5. The molecule has 0 radical (unpaired) electrons. The second kappa shape index (κ2) is 12.7. The standard InChI is InChI=1S/C17H32O/c1-5-18-17(4)15-13-11-9-7-6-8-10-12-14-16(2)3/h5,16H,1,4,6-15H2,2-3H3. The first-order valence-corrected chi connectivity index (χ1v) is 7.62. The predicted molar refractivity (Wildman–Crippen MR) is 81.4 cm³/mol. The second-order valence-electron chi connectivity index (χ2n) is 5.58. The first-order valence-electron chi connectivity index (χ1n) is 7.62. The molecule has 0 bridgehead atoms. The summed E-state index contributed by atoms with van der Waals surface area (Å²) >= 11 is 0. The summed E-state index contributed by atoms with van der Waals surface area (Å²) in [6.45, 7) is 12.0. The smallest absolute Gasteiger partial charge is 0.0960 e. The van der Waals surface area contributed by atoms with E-state index in [1.807, 2.05) is 0 Å². The Bertz CT molecular complexity index is 206. The van der Waals surface area contributed by atoms with Gasteiger partial charge in [0.2, 0.25) is 0 Å². The number of hydrogen-bond donors (Lipinski definition) is 0. The maximum Gasteiger partial charge on any atom is 0.0960 e. The van der Waals surface area contributed by atoms with Crippen LogP contribution in [0.5, 0.6) is 0 Å². The molecule has 0 aliphatic carbocycles. The quantitative estimate of drug-likeness (QED) is 0.279. The Labute approximate surface area is 114 Å². The lowest BCUT2D eigenvalue weighted by atomic mass is 10.0. The monoisotopic (exact) mass is 252 g/mol. The van der Waals surface area contributed by atoms with Crippen molar-refractivity contribution in [3.63, 3.8) is 0 Å². The Morgan fingerprint density at radius 2 is 1.44 bits per heavy atom. The van der Waals surface area contributed by atoms with Crippen molar-refractivity contribution in [2.45, 2.75) is 78.1 Å². The minimum atomic E-state index is 0.846. The topological polar surface area (TPSA) is 9.23 Å². The minimum absolute atomic E-state index is 0.846. The molecule has 0 aromatic rings. The van der Waals surface area contributed by atoms with Crippen LogP contribution in [0, 0.1) is 5.92 Å². The first-order chi connectivity index (χ1) is 8.66. The summed E-state index contributed by atoms with van der Waals surface area (Å²) in [5.74, 6) is 1.72. The van der Waals surface area contributed by atoms with Crippen molar-refractivity contribution in [2.24, 2.45) is 5.92 Å². The molecule has 106 valence electrons. The molecule has 1 nitrogen and oxygen atoms in total. The van der Waals surface area contributed by atoms with Crippen LogP contribution in [0.3, 0.4) is 0 Å². The molecule has 0 amide bonds. The molecule has 0 saturated heterocycles. The zero-order chi connectivity index (χ0) is 13.6. The summed E-state index contributed by atoms with van der Waals surface area (Å²) in [7, 11) is 0. The molecule has 0 aliphatic heterocycles. The van der Waals surface area contributed by atoms with Gasteiger partial charge in [-0.15, -0.1) is 0 Å². The molecule has 0 aromatic heterocycles. The van der Waals surface area contributed by atoms with Gasteiger partial charge in [-0.1, -0.05) is 78.4 Å². The maximum atomic E-state index is 5.10. The van der Waals surface area contributed by atoms with Crippen molar-refractivity contribution in [2.75, 3.05) is 0 Å². The molecule has 0 aliphatic rings. The summed E-state index contributed by atoms with van der Waals surface area (Å²) in [6.07, 6.45) is 14.7. The van der Waals surface area contributed by atoms with Gasteiger partial charge in [0.1, 0.15) is 0 Å². The Balaban J connectivity index is 3.07. The van der Waals surface area contributed by atoms with Crippen LogP contribution in [0.1, 0.15) is 78.1 Å². The van der Waals surface area contributed by atoms with Crippen molar-refractivity contribution in [1.29, 1.82) is 0 Å². The van der Waals surface area contributed by atoms with Gasteiger partial charge in [-0.25, -0.2) is 0 Å². The molecule has 0 rings (SSSR count).